The number of aromatic nitrogens is 4. The van der Waals surface area contributed by atoms with E-state index >= 15 is 0 Å². The van der Waals surface area contributed by atoms with Crippen molar-refractivity contribution in [2.45, 2.75) is 52.0 Å². The van der Waals surface area contributed by atoms with Gasteiger partial charge in [0.05, 0.1) is 36.1 Å². The number of methoxy groups -OCH3 is 1. The monoisotopic (exact) mass is 589 g/mol. The number of carbonyl (C=O) groups is 1. The molecular weight excluding hydrogens is 550 g/mol. The molecule has 5 aromatic rings. The second-order valence-corrected chi connectivity index (χ2v) is 12.3. The fourth-order valence-electron chi connectivity index (χ4n) is 5.61. The fraction of sp³-hybridized carbons (Fsp3) is 0.314. The van der Waals surface area contributed by atoms with Crippen molar-refractivity contribution in [3.8, 4) is 22.7 Å². The van der Waals surface area contributed by atoms with Crippen LogP contribution in [-0.4, -0.2) is 50.9 Å². The van der Waals surface area contributed by atoms with Crippen LogP contribution in [0.3, 0.4) is 0 Å². The standard InChI is InChI=1S/C35H39N7O2/c1-35(2,3)31-20-32(42(40-31)26-14-17-33(44-4)37-22-26)39-34(43)38-30-16-15-27(28-10-6-7-11-29(28)30)24-12-13-25(36-21-24)23-41-18-8-5-9-19-41/h6-7,10-17,20-22H,5,8-9,18-19,23H2,1-4H3,(H2,38,39,43). The zero-order valence-electron chi connectivity index (χ0n) is 25.8. The van der Waals surface area contributed by atoms with Crippen LogP contribution in [0, 0.1) is 0 Å². The average Bonchev–Trinajstić information content (AvgIpc) is 3.46. The number of likely N-dealkylation sites (tertiary alicyclic amines) is 1. The Morgan fingerprint density at radius 2 is 1.68 bits per heavy atom. The van der Waals surface area contributed by atoms with E-state index in [2.05, 4.69) is 59.5 Å². The Balaban J connectivity index is 1.24. The van der Waals surface area contributed by atoms with Gasteiger partial charge in [-0.2, -0.15) is 5.10 Å². The van der Waals surface area contributed by atoms with E-state index in [0.717, 1.165) is 52.9 Å². The predicted molar refractivity (Wildman–Crippen MR) is 176 cm³/mol. The van der Waals surface area contributed by atoms with Crippen LogP contribution in [0.1, 0.15) is 51.4 Å². The molecule has 6 rings (SSSR count). The summed E-state index contributed by atoms with van der Waals surface area (Å²) in [6.07, 6.45) is 7.49. The van der Waals surface area contributed by atoms with Gasteiger partial charge in [0.25, 0.3) is 0 Å². The van der Waals surface area contributed by atoms with Gasteiger partial charge in [0.2, 0.25) is 5.88 Å². The number of piperidine rings is 1. The first-order chi connectivity index (χ1) is 21.3. The number of urea groups is 1. The number of nitrogens with zero attached hydrogens (tertiary/aromatic N) is 5. The van der Waals surface area contributed by atoms with Gasteiger partial charge >= 0.3 is 6.03 Å². The molecule has 0 bridgehead atoms. The van der Waals surface area contributed by atoms with E-state index in [1.807, 2.05) is 48.7 Å². The molecule has 0 spiro atoms. The van der Waals surface area contributed by atoms with Crippen LogP contribution in [0.4, 0.5) is 16.3 Å². The first kappa shape index (κ1) is 29.3. The van der Waals surface area contributed by atoms with E-state index in [1.54, 1.807) is 24.1 Å². The molecule has 1 fully saturated rings. The highest BCUT2D eigenvalue weighted by atomic mass is 16.5. The van der Waals surface area contributed by atoms with Crippen LogP contribution in [-0.2, 0) is 12.0 Å². The number of hydrogen-bond acceptors (Lipinski definition) is 6. The van der Waals surface area contributed by atoms with Crippen molar-refractivity contribution < 1.29 is 9.53 Å². The Morgan fingerprint density at radius 1 is 0.886 bits per heavy atom. The third-order valence-corrected chi connectivity index (χ3v) is 8.04. The average molecular weight is 590 g/mol. The number of pyridine rings is 2. The van der Waals surface area contributed by atoms with Gasteiger partial charge < -0.3 is 10.1 Å². The van der Waals surface area contributed by atoms with E-state index in [9.17, 15) is 4.79 Å². The maximum Gasteiger partial charge on any atom is 0.324 e. The minimum atomic E-state index is -0.366. The molecule has 0 radical (unpaired) electrons. The number of nitrogens with one attached hydrogen (secondary N) is 2. The lowest BCUT2D eigenvalue weighted by Crippen LogP contribution is -2.29. The highest BCUT2D eigenvalue weighted by Crippen LogP contribution is 2.34. The first-order valence-corrected chi connectivity index (χ1v) is 15.2. The minimum Gasteiger partial charge on any atom is -0.481 e. The topological polar surface area (TPSA) is 97.2 Å². The fourth-order valence-corrected chi connectivity index (χ4v) is 5.61. The van der Waals surface area contributed by atoms with Gasteiger partial charge in [-0.3, -0.25) is 15.2 Å². The lowest BCUT2D eigenvalue weighted by atomic mass is 9.92. The van der Waals surface area contributed by atoms with Gasteiger partial charge in [-0.1, -0.05) is 63.6 Å². The summed E-state index contributed by atoms with van der Waals surface area (Å²) < 4.78 is 6.90. The van der Waals surface area contributed by atoms with Crippen molar-refractivity contribution in [1.29, 1.82) is 0 Å². The van der Waals surface area contributed by atoms with Gasteiger partial charge in [0.15, 0.2) is 0 Å². The Kier molecular flexibility index (Phi) is 8.30. The van der Waals surface area contributed by atoms with Gasteiger partial charge in [-0.05, 0) is 55.1 Å². The Morgan fingerprint density at radius 3 is 2.36 bits per heavy atom. The summed E-state index contributed by atoms with van der Waals surface area (Å²) in [6, 6.07) is 21.5. The molecule has 2 N–H and O–H groups in total. The van der Waals surface area contributed by atoms with E-state index < -0.39 is 0 Å². The van der Waals surface area contributed by atoms with Crippen LogP contribution >= 0.6 is 0 Å². The van der Waals surface area contributed by atoms with Crippen molar-refractivity contribution in [2.75, 3.05) is 30.8 Å². The summed E-state index contributed by atoms with van der Waals surface area (Å²) in [5.74, 6) is 1.04. The molecule has 226 valence electrons. The molecule has 44 heavy (non-hydrogen) atoms. The van der Waals surface area contributed by atoms with Crippen LogP contribution < -0.4 is 15.4 Å². The number of anilines is 2. The van der Waals surface area contributed by atoms with Gasteiger partial charge in [-0.15, -0.1) is 0 Å². The molecule has 0 saturated carbocycles. The van der Waals surface area contributed by atoms with E-state index in [4.69, 9.17) is 14.8 Å². The largest absolute Gasteiger partial charge is 0.481 e. The quantitative estimate of drug-likeness (QED) is 0.205. The summed E-state index contributed by atoms with van der Waals surface area (Å²) in [5, 5.41) is 12.8. The Bertz CT molecular complexity index is 1750. The third-order valence-electron chi connectivity index (χ3n) is 8.04. The zero-order chi connectivity index (χ0) is 30.7. The molecule has 9 nitrogen and oxygen atoms in total. The molecule has 2 amide bonds. The molecule has 0 aliphatic carbocycles. The highest BCUT2D eigenvalue weighted by molar-refractivity contribution is 6.09. The smallest absolute Gasteiger partial charge is 0.324 e. The number of amides is 2. The molecule has 0 atom stereocenters. The number of carbonyl (C=O) groups excluding carboxylic acids is 1. The third kappa shape index (κ3) is 6.43. The summed E-state index contributed by atoms with van der Waals surface area (Å²) in [4.78, 5) is 25.0. The SMILES string of the molecule is COc1ccc(-n2nc(C(C)(C)C)cc2NC(=O)Nc2ccc(-c3ccc(CN4CCCCC4)nc3)c3ccccc23)cn1. The molecular formula is C35H39N7O2. The normalized spacial score (nSPS) is 14.0. The number of rotatable bonds is 7. The van der Waals surface area contributed by atoms with Crippen molar-refractivity contribution in [2.24, 2.45) is 0 Å². The first-order valence-electron chi connectivity index (χ1n) is 15.2. The molecule has 3 aromatic heterocycles. The van der Waals surface area contributed by atoms with Crippen LogP contribution in [0.2, 0.25) is 0 Å². The van der Waals surface area contributed by atoms with E-state index in [-0.39, 0.29) is 11.4 Å². The lowest BCUT2D eigenvalue weighted by Gasteiger charge is -2.25. The molecule has 1 aliphatic heterocycles. The van der Waals surface area contributed by atoms with E-state index in [0.29, 0.717) is 23.1 Å². The Labute approximate surface area is 258 Å². The maximum atomic E-state index is 13.4. The molecule has 4 heterocycles. The van der Waals surface area contributed by atoms with Crippen molar-refractivity contribution in [3.63, 3.8) is 0 Å². The van der Waals surface area contributed by atoms with E-state index in [1.165, 1.54) is 19.3 Å². The minimum absolute atomic E-state index is 0.218. The maximum absolute atomic E-state index is 13.4. The summed E-state index contributed by atoms with van der Waals surface area (Å²) in [7, 11) is 1.57. The molecule has 0 unspecified atom stereocenters. The lowest BCUT2D eigenvalue weighted by molar-refractivity contribution is 0.218. The van der Waals surface area contributed by atoms with Crippen LogP contribution in [0.5, 0.6) is 5.88 Å². The van der Waals surface area contributed by atoms with Gasteiger partial charge in [-0.25, -0.2) is 14.5 Å². The molecule has 9 heteroatoms. The number of benzene rings is 2. The predicted octanol–water partition coefficient (Wildman–Crippen LogP) is 7.42. The van der Waals surface area contributed by atoms with Crippen LogP contribution in [0.15, 0.2) is 79.1 Å². The van der Waals surface area contributed by atoms with Crippen LogP contribution in [0.25, 0.3) is 27.6 Å². The number of hydrogen-bond donors (Lipinski definition) is 2. The summed E-state index contributed by atoms with van der Waals surface area (Å²) in [5.41, 5.74) is 5.26. The Hall–Kier alpha value is -4.76. The molecule has 1 saturated heterocycles. The summed E-state index contributed by atoms with van der Waals surface area (Å²) in [6.45, 7) is 9.44. The number of ether oxygens (including phenoxy) is 1. The molecule has 2 aromatic carbocycles. The second kappa shape index (κ2) is 12.5. The van der Waals surface area contributed by atoms with Crippen molar-refractivity contribution >= 4 is 28.3 Å². The van der Waals surface area contributed by atoms with Crippen molar-refractivity contribution in [3.05, 3.63) is 90.5 Å². The summed E-state index contributed by atoms with van der Waals surface area (Å²) >= 11 is 0. The molecule has 1 aliphatic rings. The van der Waals surface area contributed by atoms with Gasteiger partial charge in [0.1, 0.15) is 5.82 Å². The highest BCUT2D eigenvalue weighted by Gasteiger charge is 2.22. The van der Waals surface area contributed by atoms with Crippen molar-refractivity contribution in [1.82, 2.24) is 24.6 Å². The zero-order valence-corrected chi connectivity index (χ0v) is 25.8. The van der Waals surface area contributed by atoms with Gasteiger partial charge in [0, 0.05) is 41.2 Å². The second-order valence-electron chi connectivity index (χ2n) is 12.3. The number of fused-ring (bicyclic) bond motifs is 1.